The lowest BCUT2D eigenvalue weighted by Crippen LogP contribution is -2.59. The van der Waals surface area contributed by atoms with Gasteiger partial charge in [0.15, 0.2) is 32.4 Å². The summed E-state index contributed by atoms with van der Waals surface area (Å²) in [7, 11) is 0. The monoisotopic (exact) mass is 1790 g/mol. The normalized spacial score (nSPS) is 17.9. The van der Waals surface area contributed by atoms with E-state index in [1.165, 1.54) is 71.9 Å². The van der Waals surface area contributed by atoms with Gasteiger partial charge in [-0.05, 0) is 342 Å². The van der Waals surface area contributed by atoms with E-state index in [2.05, 4.69) is 190 Å². The summed E-state index contributed by atoms with van der Waals surface area (Å²) in [5.41, 5.74) is 6.97. The lowest BCUT2D eigenvalue weighted by molar-refractivity contribution is -0.212. The number of benzene rings is 6. The number of unbranched alkanes of at least 4 members (excludes halogenated alkanes) is 1. The van der Waals surface area contributed by atoms with E-state index in [-0.39, 0.29) is 156 Å². The number of carbonyl (C=O) groups is 3. The lowest BCUT2D eigenvalue weighted by Gasteiger charge is -2.60. The summed E-state index contributed by atoms with van der Waals surface area (Å²) in [5.74, 6) is 10.3. The molecule has 0 N–H and O–H groups in total. The highest BCUT2D eigenvalue weighted by Gasteiger charge is 2.58. The van der Waals surface area contributed by atoms with Crippen LogP contribution in [0.4, 0.5) is 0 Å². The molecule has 0 saturated heterocycles. The van der Waals surface area contributed by atoms with Crippen LogP contribution < -0.4 is 28.4 Å². The quantitative estimate of drug-likeness (QED) is 0.0156. The summed E-state index contributed by atoms with van der Waals surface area (Å²) in [6, 6.07) is 49.1. The molecule has 6 aromatic carbocycles. The predicted molar refractivity (Wildman–Crippen MR) is 554 cm³/mol. The van der Waals surface area contributed by atoms with Crippen molar-refractivity contribution >= 4 is 17.9 Å². The highest BCUT2D eigenvalue weighted by atomic mass is 16.7. The van der Waals surface area contributed by atoms with Gasteiger partial charge in [0, 0.05) is 0 Å². The molecule has 0 aromatic heterocycles. The average molecular weight is 1790 g/mol. The largest absolute Gasteiger partial charge is 0.488 e. The number of rotatable bonds is 39. The predicted octanol–water partition coefficient (Wildman–Crippen LogP) is 34.6. The van der Waals surface area contributed by atoms with Gasteiger partial charge in [0.25, 0.3) is 0 Å². The standard InChI is InChI=1S/C28H42O4.C24H34O3.C19H28O3.C16H24O3.C15H24O.12CH4/c1-7-21(3)25-11-15-27(16-12-25)31-23(5)29-19-9-10-20-30-24(6)32-28-17-13-26(14-18-28)22(4)8-2;1-4-16(3)19-6-8-22(9-7-19)26-15-23(25)27-24(5-2)20-11-17-10-18(13-20)14-21(24)12-17;1-4-15(3)16-8-10-17(11-9-16)21-14-18(20)22-19(5-2)12-6-7-13-19;1-6-12(2)13-7-9-14(10-8-13)18-11-15(17)19-16(3,4)5;1-6-12(3)13-8-10-14(11-9-13)16-15(4,5)7-2;;;;;;;;;;;;/h11-18,21-24H,7-10,19-20H2,1-6H3;6-9,16-18,20-21H,4-5,10-15H2,1-3H3;8-11,15H,4-7,12-14H2,1-3H3;7-10,12H,6,11H2,1-5H3;8-12H,6-7H2,1-5H3;12*1H4. The number of ether oxygens (including phenoxy) is 11. The second-order valence-corrected chi connectivity index (χ2v) is 35.1. The number of hydrogen-bond acceptors (Lipinski definition) is 14. The first-order valence-electron chi connectivity index (χ1n) is 44.7. The molecular weight excluding hydrogens is 1590 g/mol. The summed E-state index contributed by atoms with van der Waals surface area (Å²) >= 11 is 0. The van der Waals surface area contributed by atoms with Gasteiger partial charge < -0.3 is 52.1 Å². The van der Waals surface area contributed by atoms with Gasteiger partial charge in [-0.15, -0.1) is 0 Å². The van der Waals surface area contributed by atoms with Crippen LogP contribution in [0, 0.1) is 23.7 Å². The molecule has 14 nitrogen and oxygen atoms in total. The van der Waals surface area contributed by atoms with Gasteiger partial charge in [-0.25, -0.2) is 14.4 Å². The summed E-state index contributed by atoms with van der Waals surface area (Å²) < 4.78 is 63.0. The second kappa shape index (κ2) is 67.6. The van der Waals surface area contributed by atoms with Crippen molar-refractivity contribution in [2.45, 2.75) is 440 Å². The van der Waals surface area contributed by atoms with Crippen molar-refractivity contribution in [2.24, 2.45) is 23.7 Å². The second-order valence-electron chi connectivity index (χ2n) is 35.1. The zero-order valence-corrected chi connectivity index (χ0v) is 75.7. The number of esters is 3. The molecule has 0 heterocycles. The molecule has 8 unspecified atom stereocenters. The zero-order chi connectivity index (χ0) is 85.0. The third-order valence-electron chi connectivity index (χ3n) is 24.8. The molecule has 6 aromatic rings. The van der Waals surface area contributed by atoms with Crippen LogP contribution in [0.25, 0.3) is 0 Å². The van der Waals surface area contributed by atoms with E-state index in [9.17, 15) is 14.4 Å². The topological polar surface area (TPSA) is 153 Å². The Morgan fingerprint density at radius 2 is 0.609 bits per heavy atom. The van der Waals surface area contributed by atoms with Crippen molar-refractivity contribution in [3.8, 4) is 34.5 Å². The molecule has 11 rings (SSSR count). The minimum Gasteiger partial charge on any atom is -0.488 e. The lowest BCUT2D eigenvalue weighted by atomic mass is 9.49. The van der Waals surface area contributed by atoms with Crippen molar-refractivity contribution in [2.75, 3.05) is 33.0 Å². The van der Waals surface area contributed by atoms with Crippen LogP contribution in [0.5, 0.6) is 34.5 Å². The molecule has 0 spiro atoms. The fourth-order valence-electron chi connectivity index (χ4n) is 15.9. The third kappa shape index (κ3) is 45.0. The molecule has 14 heteroatoms. The first-order valence-corrected chi connectivity index (χ1v) is 44.7. The Balaban J connectivity index is -0.000000284. The van der Waals surface area contributed by atoms with Crippen LogP contribution in [-0.4, -0.2) is 85.9 Å². The molecule has 0 amide bonds. The van der Waals surface area contributed by atoms with Gasteiger partial charge in [-0.1, -0.05) is 266 Å². The summed E-state index contributed by atoms with van der Waals surface area (Å²) in [5, 5.41) is 0. The minimum atomic E-state index is -0.471. The summed E-state index contributed by atoms with van der Waals surface area (Å²) in [4.78, 5) is 36.2. The average Bonchev–Trinajstić information content (AvgIpc) is 0.737. The maximum atomic E-state index is 12.6. The SMILES string of the molecule is C.C.C.C.C.C.C.C.C.C.C.C.CCC(C)c1ccc(OC(C)(C)CC)cc1.CCC(C)c1ccc(OC(C)OCCCCOC(C)Oc2ccc(C(C)CC)cc2)cc1.CCC(C)c1ccc(OCC(=O)OC(C)(C)C)cc1.CCC(C)c1ccc(OCC(=O)OC2(CC)C3CC4CC(C3)CC2C4)cc1.CCC(C)c1ccc(OCC(=O)OC2(CC)CCCC2)cc1. The Bertz CT molecular complexity index is 3610. The van der Waals surface area contributed by atoms with Crippen LogP contribution >= 0.6 is 0 Å². The Kier molecular flexibility index (Phi) is 70.5. The van der Waals surface area contributed by atoms with E-state index < -0.39 is 5.60 Å². The van der Waals surface area contributed by atoms with Gasteiger partial charge in [-0.3, -0.25) is 0 Å². The zero-order valence-electron chi connectivity index (χ0n) is 75.7. The van der Waals surface area contributed by atoms with Crippen LogP contribution in [-0.2, 0) is 38.1 Å². The maximum Gasteiger partial charge on any atom is 0.344 e. The van der Waals surface area contributed by atoms with Crippen LogP contribution in [0.1, 0.15) is 439 Å². The van der Waals surface area contributed by atoms with Crippen molar-refractivity contribution in [1.29, 1.82) is 0 Å². The molecule has 8 atom stereocenters. The van der Waals surface area contributed by atoms with E-state index in [1.54, 1.807) is 0 Å². The Morgan fingerprint density at radius 3 is 0.867 bits per heavy atom. The molecule has 0 aliphatic heterocycles. The number of hydrogen-bond donors (Lipinski definition) is 0. The molecule has 5 aliphatic rings. The molecule has 5 aliphatic carbocycles. The minimum absolute atomic E-state index is 0. The molecule has 5 fully saturated rings. The fraction of sp³-hybridized carbons (Fsp3) is 0.658. The van der Waals surface area contributed by atoms with Crippen molar-refractivity contribution < 1.29 is 66.5 Å². The molecule has 740 valence electrons. The maximum absolute atomic E-state index is 12.6. The molecule has 0 radical (unpaired) electrons. The Labute approximate surface area is 790 Å². The first-order chi connectivity index (χ1) is 55.3. The van der Waals surface area contributed by atoms with E-state index >= 15 is 0 Å². The van der Waals surface area contributed by atoms with Gasteiger partial charge in [0.2, 0.25) is 0 Å². The van der Waals surface area contributed by atoms with Gasteiger partial charge in [0.05, 0.1) is 13.2 Å². The van der Waals surface area contributed by atoms with Crippen molar-refractivity contribution in [3.63, 3.8) is 0 Å². The fourth-order valence-corrected chi connectivity index (χ4v) is 15.9. The van der Waals surface area contributed by atoms with E-state index in [1.807, 2.05) is 107 Å². The van der Waals surface area contributed by atoms with E-state index in [4.69, 9.17) is 52.1 Å². The number of carbonyl (C=O) groups excluding carboxylic acids is 3. The van der Waals surface area contributed by atoms with Crippen LogP contribution in [0.15, 0.2) is 146 Å². The summed E-state index contributed by atoms with van der Waals surface area (Å²) in [6.45, 7) is 47.8. The molecule has 4 bridgehead atoms. The molecule has 5 saturated carbocycles. The third-order valence-corrected chi connectivity index (χ3v) is 24.8. The van der Waals surface area contributed by atoms with Gasteiger partial charge >= 0.3 is 17.9 Å². The van der Waals surface area contributed by atoms with Gasteiger partial charge in [-0.2, -0.15) is 0 Å². The van der Waals surface area contributed by atoms with Gasteiger partial charge in [0.1, 0.15) is 56.9 Å². The van der Waals surface area contributed by atoms with Crippen molar-refractivity contribution in [3.05, 3.63) is 179 Å². The van der Waals surface area contributed by atoms with Crippen LogP contribution in [0.2, 0.25) is 0 Å². The smallest absolute Gasteiger partial charge is 0.344 e. The van der Waals surface area contributed by atoms with Crippen molar-refractivity contribution in [1.82, 2.24) is 0 Å². The molecule has 128 heavy (non-hydrogen) atoms. The highest BCUT2D eigenvalue weighted by molar-refractivity contribution is 5.72. The highest BCUT2D eigenvalue weighted by Crippen LogP contribution is 2.61. The van der Waals surface area contributed by atoms with Crippen LogP contribution in [0.3, 0.4) is 0 Å². The first kappa shape index (κ1) is 134. The molecular formula is C114H200O14. The van der Waals surface area contributed by atoms with E-state index in [0.717, 1.165) is 130 Å². The Hall–Kier alpha value is -7.55. The van der Waals surface area contributed by atoms with E-state index in [0.29, 0.717) is 66.3 Å². The Morgan fingerprint density at radius 1 is 0.344 bits per heavy atom. The summed E-state index contributed by atoms with van der Waals surface area (Å²) in [6.07, 6.45) is 21.6.